The molecule has 176 valence electrons. The van der Waals surface area contributed by atoms with Crippen LogP contribution in [-0.4, -0.2) is 46.0 Å². The molecule has 0 saturated carbocycles. The average Bonchev–Trinajstić information content (AvgIpc) is 3.21. The fourth-order valence-electron chi connectivity index (χ4n) is 3.36. The predicted molar refractivity (Wildman–Crippen MR) is 123 cm³/mol. The van der Waals surface area contributed by atoms with Crippen LogP contribution in [0.15, 0.2) is 30.5 Å². The van der Waals surface area contributed by atoms with Crippen molar-refractivity contribution in [2.75, 3.05) is 22.9 Å². The van der Waals surface area contributed by atoms with Gasteiger partial charge in [0.2, 0.25) is 5.91 Å². The van der Waals surface area contributed by atoms with E-state index in [9.17, 15) is 18.8 Å². The highest BCUT2D eigenvalue weighted by molar-refractivity contribution is 6.31. The largest absolute Gasteiger partial charge is 0.444 e. The molecule has 1 aliphatic heterocycles. The number of benzene rings is 1. The summed E-state index contributed by atoms with van der Waals surface area (Å²) >= 11 is 5.76. The number of anilines is 3. The number of ether oxygens (including phenoxy) is 1. The van der Waals surface area contributed by atoms with Crippen molar-refractivity contribution in [3.8, 4) is 0 Å². The predicted octanol–water partition coefficient (Wildman–Crippen LogP) is 4.05. The minimum Gasteiger partial charge on any atom is -0.444 e. The minimum absolute atomic E-state index is 0.00393. The summed E-state index contributed by atoms with van der Waals surface area (Å²) in [6, 6.07) is 4.32. The number of amides is 3. The first-order valence-corrected chi connectivity index (χ1v) is 10.7. The topological polar surface area (TPSA) is 127 Å². The van der Waals surface area contributed by atoms with Gasteiger partial charge in [0.1, 0.15) is 23.3 Å². The highest BCUT2D eigenvalue weighted by Gasteiger charge is 2.37. The number of aromatic nitrogens is 1. The smallest absolute Gasteiger partial charge is 0.410 e. The van der Waals surface area contributed by atoms with E-state index in [1.807, 2.05) is 0 Å². The highest BCUT2D eigenvalue weighted by Crippen LogP contribution is 2.27. The molecule has 3 rings (SSSR count). The molecule has 0 aliphatic carbocycles. The lowest BCUT2D eigenvalue weighted by molar-refractivity contribution is -0.120. The van der Waals surface area contributed by atoms with Gasteiger partial charge in [0.05, 0.1) is 16.3 Å². The Morgan fingerprint density at radius 2 is 1.97 bits per heavy atom. The summed E-state index contributed by atoms with van der Waals surface area (Å²) in [6.45, 7) is 5.59. The van der Waals surface area contributed by atoms with Crippen LogP contribution in [-0.2, 0) is 9.53 Å². The first-order valence-electron chi connectivity index (χ1n) is 10.3. The van der Waals surface area contributed by atoms with Crippen LogP contribution in [0, 0.1) is 5.82 Å². The number of carbonyl (C=O) groups is 3. The minimum atomic E-state index is -0.786. The SMILES string of the molecule is CC(C)(C)OC(=O)N1CCC[C@H]1C(=O)Nc1c(C(=O)Nc2ccc(F)c(Cl)c2)ccnc1N. The number of rotatable bonds is 4. The van der Waals surface area contributed by atoms with Gasteiger partial charge in [-0.05, 0) is 57.9 Å². The monoisotopic (exact) mass is 477 g/mol. The van der Waals surface area contributed by atoms with Crippen molar-refractivity contribution < 1.29 is 23.5 Å². The van der Waals surface area contributed by atoms with Gasteiger partial charge in [-0.15, -0.1) is 0 Å². The highest BCUT2D eigenvalue weighted by atomic mass is 35.5. The Hall–Kier alpha value is -3.40. The van der Waals surface area contributed by atoms with Crippen LogP contribution in [0.3, 0.4) is 0 Å². The van der Waals surface area contributed by atoms with E-state index in [0.717, 1.165) is 6.07 Å². The molecule has 1 aromatic heterocycles. The van der Waals surface area contributed by atoms with Crippen molar-refractivity contribution in [3.63, 3.8) is 0 Å². The van der Waals surface area contributed by atoms with Crippen LogP contribution < -0.4 is 16.4 Å². The Bertz CT molecular complexity index is 1090. The zero-order valence-corrected chi connectivity index (χ0v) is 19.2. The second-order valence-electron chi connectivity index (χ2n) is 8.52. The number of hydrogen-bond acceptors (Lipinski definition) is 6. The number of halogens is 2. The van der Waals surface area contributed by atoms with Gasteiger partial charge >= 0.3 is 6.09 Å². The fraction of sp³-hybridized carbons (Fsp3) is 0.364. The lowest BCUT2D eigenvalue weighted by atomic mass is 10.1. The lowest BCUT2D eigenvalue weighted by Gasteiger charge is -2.28. The number of carbonyl (C=O) groups excluding carboxylic acids is 3. The number of nitrogens with two attached hydrogens (primary N) is 1. The first kappa shape index (κ1) is 24.2. The van der Waals surface area contributed by atoms with Crippen molar-refractivity contribution in [1.82, 2.24) is 9.88 Å². The summed E-state index contributed by atoms with van der Waals surface area (Å²) in [4.78, 5) is 43.7. The molecule has 0 bridgehead atoms. The number of hydrogen-bond donors (Lipinski definition) is 3. The standard InChI is InChI=1S/C22H25ClFN5O4/c1-22(2,3)33-21(32)29-10-4-5-16(29)20(31)28-17-13(8-9-26-18(17)25)19(30)27-12-6-7-15(24)14(23)11-12/h6-9,11,16H,4-5,10H2,1-3H3,(H2,25,26)(H,27,30)(H,28,31)/t16-/m0/s1. The summed E-state index contributed by atoms with van der Waals surface area (Å²) < 4.78 is 18.8. The van der Waals surface area contributed by atoms with Gasteiger partial charge in [-0.2, -0.15) is 0 Å². The molecule has 0 unspecified atom stereocenters. The van der Waals surface area contributed by atoms with Crippen LogP contribution in [0.4, 0.5) is 26.4 Å². The Morgan fingerprint density at radius 3 is 2.64 bits per heavy atom. The van der Waals surface area contributed by atoms with Gasteiger partial charge in [0, 0.05) is 18.4 Å². The Kier molecular flexibility index (Phi) is 7.06. The molecule has 1 aliphatic rings. The zero-order chi connectivity index (χ0) is 24.3. The molecule has 2 heterocycles. The molecule has 2 aromatic rings. The van der Waals surface area contributed by atoms with E-state index in [-0.39, 0.29) is 27.8 Å². The summed E-state index contributed by atoms with van der Waals surface area (Å²) in [7, 11) is 0. The summed E-state index contributed by atoms with van der Waals surface area (Å²) in [5, 5.41) is 5.06. The third kappa shape index (κ3) is 5.89. The molecule has 33 heavy (non-hydrogen) atoms. The van der Waals surface area contributed by atoms with Crippen LogP contribution in [0.5, 0.6) is 0 Å². The van der Waals surface area contributed by atoms with Crippen molar-refractivity contribution in [2.45, 2.75) is 45.3 Å². The molecule has 1 aromatic carbocycles. The molecule has 0 spiro atoms. The summed E-state index contributed by atoms with van der Waals surface area (Å²) in [6.07, 6.45) is 1.78. The Morgan fingerprint density at radius 1 is 1.24 bits per heavy atom. The number of nitrogens with zero attached hydrogens (tertiary/aromatic N) is 2. The van der Waals surface area contributed by atoms with Gasteiger partial charge < -0.3 is 21.1 Å². The van der Waals surface area contributed by atoms with Gasteiger partial charge in [-0.25, -0.2) is 14.2 Å². The molecule has 1 fully saturated rings. The Labute approximate surface area is 195 Å². The number of nitrogens with one attached hydrogen (secondary N) is 2. The van der Waals surface area contributed by atoms with Gasteiger partial charge in [0.15, 0.2) is 0 Å². The maximum absolute atomic E-state index is 13.4. The molecular formula is C22H25ClFN5O4. The quantitative estimate of drug-likeness (QED) is 0.609. The molecule has 9 nitrogen and oxygen atoms in total. The maximum atomic E-state index is 13.4. The number of likely N-dealkylation sites (tertiary alicyclic amines) is 1. The van der Waals surface area contributed by atoms with Gasteiger partial charge in [-0.3, -0.25) is 14.5 Å². The van der Waals surface area contributed by atoms with Crippen molar-refractivity contribution in [2.24, 2.45) is 0 Å². The summed E-state index contributed by atoms with van der Waals surface area (Å²) in [5.41, 5.74) is 5.53. The molecule has 4 N–H and O–H groups in total. The molecule has 3 amide bonds. The zero-order valence-electron chi connectivity index (χ0n) is 18.4. The first-order chi connectivity index (χ1) is 15.5. The van der Waals surface area contributed by atoms with Gasteiger partial charge in [0.25, 0.3) is 5.91 Å². The molecule has 1 saturated heterocycles. The van der Waals surface area contributed by atoms with Crippen LogP contribution in [0.25, 0.3) is 0 Å². The van der Waals surface area contributed by atoms with Crippen LogP contribution in [0.1, 0.15) is 44.0 Å². The van der Waals surface area contributed by atoms with E-state index in [4.69, 9.17) is 22.1 Å². The van der Waals surface area contributed by atoms with Crippen molar-refractivity contribution in [1.29, 1.82) is 0 Å². The van der Waals surface area contributed by atoms with Crippen molar-refractivity contribution in [3.05, 3.63) is 46.9 Å². The molecule has 11 heteroatoms. The summed E-state index contributed by atoms with van der Waals surface area (Å²) in [5.74, 6) is -1.83. The van der Waals surface area contributed by atoms with Crippen molar-refractivity contribution >= 4 is 46.7 Å². The second kappa shape index (κ2) is 9.62. The van der Waals surface area contributed by atoms with E-state index in [1.165, 1.54) is 29.3 Å². The van der Waals surface area contributed by atoms with E-state index >= 15 is 0 Å². The van der Waals surface area contributed by atoms with E-state index < -0.39 is 35.4 Å². The van der Waals surface area contributed by atoms with Crippen LogP contribution in [0.2, 0.25) is 5.02 Å². The third-order valence-corrected chi connectivity index (χ3v) is 5.12. The molecule has 1 atom stereocenters. The fourth-order valence-corrected chi connectivity index (χ4v) is 3.54. The van der Waals surface area contributed by atoms with E-state index in [2.05, 4.69) is 15.6 Å². The number of pyridine rings is 1. The second-order valence-corrected chi connectivity index (χ2v) is 8.93. The Balaban J connectivity index is 1.79. The number of nitrogen functional groups attached to an aromatic ring is 1. The van der Waals surface area contributed by atoms with E-state index in [1.54, 1.807) is 20.8 Å². The van der Waals surface area contributed by atoms with E-state index in [0.29, 0.717) is 19.4 Å². The lowest BCUT2D eigenvalue weighted by Crippen LogP contribution is -2.45. The normalized spacial score (nSPS) is 15.8. The van der Waals surface area contributed by atoms with Gasteiger partial charge in [-0.1, -0.05) is 11.6 Å². The molecule has 0 radical (unpaired) electrons. The van der Waals surface area contributed by atoms with Crippen LogP contribution >= 0.6 is 11.6 Å². The third-order valence-electron chi connectivity index (χ3n) is 4.83. The molecular weight excluding hydrogens is 453 g/mol. The maximum Gasteiger partial charge on any atom is 0.410 e. The average molecular weight is 478 g/mol.